The van der Waals surface area contributed by atoms with Crippen LogP contribution in [0, 0.1) is 27.7 Å². The Morgan fingerprint density at radius 2 is 0.938 bits per heavy atom. The Kier molecular flexibility index (Phi) is 8.88. The summed E-state index contributed by atoms with van der Waals surface area (Å²) in [5, 5.41) is 33.0. The average Bonchev–Trinajstić information content (AvgIpc) is 3.51. The van der Waals surface area contributed by atoms with Crippen molar-refractivity contribution in [2.45, 2.75) is 37.5 Å². The van der Waals surface area contributed by atoms with Crippen molar-refractivity contribution in [1.29, 1.82) is 0 Å². The molecule has 6 N–H and O–H groups in total. The summed E-state index contributed by atoms with van der Waals surface area (Å²) in [6.07, 6.45) is 0. The topological polar surface area (TPSA) is 243 Å². The molecule has 0 fully saturated rings. The first-order valence-electron chi connectivity index (χ1n) is 13.9. The Morgan fingerprint density at radius 3 is 1.21 bits per heavy atom. The van der Waals surface area contributed by atoms with E-state index in [-0.39, 0.29) is 55.4 Å². The average molecular weight is 697 g/mol. The molecule has 16 nitrogen and oxygen atoms in total. The van der Waals surface area contributed by atoms with Gasteiger partial charge in [0.15, 0.2) is 0 Å². The zero-order valence-electron chi connectivity index (χ0n) is 25.6. The van der Waals surface area contributed by atoms with Crippen molar-refractivity contribution in [2.75, 3.05) is 20.1 Å². The maximum Gasteiger partial charge on any atom is 0.337 e. The summed E-state index contributed by atoms with van der Waals surface area (Å²) in [5.74, 6) is -2.82. The lowest BCUT2D eigenvalue weighted by molar-refractivity contribution is 0.0683. The number of aromatic carboxylic acids is 2. The molecule has 48 heavy (non-hydrogen) atoms. The summed E-state index contributed by atoms with van der Waals surface area (Å²) in [6.45, 7) is 6.62. The smallest absolute Gasteiger partial charge is 0.337 e. The molecule has 0 atom stereocenters. The molecule has 0 saturated heterocycles. The number of aromatic nitrogens is 2. The van der Waals surface area contributed by atoms with Gasteiger partial charge < -0.3 is 29.9 Å². The van der Waals surface area contributed by atoms with Gasteiger partial charge in [-0.2, -0.15) is 0 Å². The van der Waals surface area contributed by atoms with Gasteiger partial charge in [-0.1, -0.05) is 10.3 Å². The Bertz CT molecular complexity index is 2100. The zero-order chi connectivity index (χ0) is 35.0. The standard InChI is InChI=1S/C30H28N6O10S2/c1-15-17(3)33-45-27(15)35-47(41,42)21-9-5-19(6-10-21)31-25-13-24(30(39)40)26(14-23(25)29(37)38)32-20-7-11-22(12-8-20)48(43,44)36-28-16(2)18(4)34-46-28/h5-14,31-32,35-36H,1-4H3,(H,37,38)(H,39,40). The maximum atomic E-state index is 12.8. The molecule has 0 aliphatic rings. The van der Waals surface area contributed by atoms with Crippen molar-refractivity contribution in [3.8, 4) is 0 Å². The van der Waals surface area contributed by atoms with Gasteiger partial charge in [0.2, 0.25) is 11.8 Å². The van der Waals surface area contributed by atoms with E-state index in [1.165, 1.54) is 48.5 Å². The van der Waals surface area contributed by atoms with Gasteiger partial charge in [0.05, 0.1) is 43.7 Å². The number of nitrogens with one attached hydrogen (secondary N) is 4. The van der Waals surface area contributed by atoms with Gasteiger partial charge in [-0.3, -0.25) is 0 Å². The molecular weight excluding hydrogens is 668 g/mol. The highest BCUT2D eigenvalue weighted by Gasteiger charge is 2.23. The molecule has 250 valence electrons. The number of anilines is 6. The van der Waals surface area contributed by atoms with Gasteiger partial charge in [0.25, 0.3) is 20.0 Å². The molecule has 0 aliphatic carbocycles. The van der Waals surface area contributed by atoms with Gasteiger partial charge in [0, 0.05) is 22.5 Å². The number of hydrogen-bond acceptors (Lipinski definition) is 12. The van der Waals surface area contributed by atoms with Crippen molar-refractivity contribution >= 4 is 66.5 Å². The van der Waals surface area contributed by atoms with E-state index in [1.54, 1.807) is 27.7 Å². The third kappa shape index (κ3) is 6.93. The quantitative estimate of drug-likeness (QED) is 0.0959. The predicted molar refractivity (Wildman–Crippen MR) is 173 cm³/mol. The number of nitrogens with zero attached hydrogens (tertiary/aromatic N) is 2. The lowest BCUT2D eigenvalue weighted by Crippen LogP contribution is -2.13. The van der Waals surface area contributed by atoms with E-state index in [0.717, 1.165) is 12.1 Å². The van der Waals surface area contributed by atoms with Gasteiger partial charge >= 0.3 is 11.9 Å². The third-order valence-corrected chi connectivity index (χ3v) is 9.97. The molecule has 0 radical (unpaired) electrons. The van der Waals surface area contributed by atoms with Crippen LogP contribution < -0.4 is 20.1 Å². The fraction of sp³-hybridized carbons (Fsp3) is 0.133. The SMILES string of the molecule is Cc1noc(NS(=O)(=O)c2ccc(Nc3cc(C(=O)O)c(Nc4ccc(S(=O)(=O)Nc5onc(C)c5C)cc4)cc3C(=O)O)cc2)c1C. The molecule has 18 heteroatoms. The normalized spacial score (nSPS) is 11.6. The first-order chi connectivity index (χ1) is 22.6. The lowest BCUT2D eigenvalue weighted by atomic mass is 10.1. The summed E-state index contributed by atoms with van der Waals surface area (Å²) >= 11 is 0. The molecule has 5 aromatic rings. The Labute approximate surface area is 273 Å². The number of aryl methyl sites for hydroxylation is 2. The fourth-order valence-electron chi connectivity index (χ4n) is 4.29. The van der Waals surface area contributed by atoms with Crippen LogP contribution in [0.15, 0.2) is 79.5 Å². The number of rotatable bonds is 12. The summed E-state index contributed by atoms with van der Waals surface area (Å²) < 4.78 is 66.0. The summed E-state index contributed by atoms with van der Waals surface area (Å²) in [5.41, 5.74) is 1.84. The van der Waals surface area contributed by atoms with Crippen LogP contribution in [0.3, 0.4) is 0 Å². The molecule has 0 unspecified atom stereocenters. The first kappa shape index (κ1) is 33.5. The molecule has 0 bridgehead atoms. The van der Waals surface area contributed by atoms with E-state index in [4.69, 9.17) is 9.05 Å². The summed E-state index contributed by atoms with van der Waals surface area (Å²) in [6, 6.07) is 12.8. The molecule has 3 aromatic carbocycles. The molecule has 0 spiro atoms. The molecule has 2 aromatic heterocycles. The molecule has 5 rings (SSSR count). The maximum absolute atomic E-state index is 12.8. The van der Waals surface area contributed by atoms with Crippen LogP contribution in [0.1, 0.15) is 43.2 Å². The number of carboxylic acids is 2. The minimum atomic E-state index is -4.05. The lowest BCUT2D eigenvalue weighted by Gasteiger charge is -2.16. The zero-order valence-corrected chi connectivity index (χ0v) is 27.3. The van der Waals surface area contributed by atoms with Crippen molar-refractivity contribution in [2.24, 2.45) is 0 Å². The van der Waals surface area contributed by atoms with E-state index in [2.05, 4.69) is 30.4 Å². The number of hydrogen-bond donors (Lipinski definition) is 6. The number of benzene rings is 3. The van der Waals surface area contributed by atoms with Crippen molar-refractivity contribution in [3.05, 3.63) is 94.3 Å². The summed E-state index contributed by atoms with van der Waals surface area (Å²) in [4.78, 5) is 24.2. The molecule has 0 amide bonds. The highest BCUT2D eigenvalue weighted by molar-refractivity contribution is 7.93. The van der Waals surface area contributed by atoms with E-state index in [0.29, 0.717) is 22.5 Å². The van der Waals surface area contributed by atoms with Crippen molar-refractivity contribution in [1.82, 2.24) is 10.3 Å². The highest BCUT2D eigenvalue weighted by atomic mass is 32.2. The van der Waals surface area contributed by atoms with E-state index < -0.39 is 32.0 Å². The van der Waals surface area contributed by atoms with E-state index >= 15 is 0 Å². The van der Waals surface area contributed by atoms with E-state index in [9.17, 15) is 36.6 Å². The fourth-order valence-corrected chi connectivity index (χ4v) is 6.38. The van der Waals surface area contributed by atoms with Crippen LogP contribution in [0.2, 0.25) is 0 Å². The molecule has 0 aliphatic heterocycles. The number of carbonyl (C=O) groups is 2. The van der Waals surface area contributed by atoms with Crippen LogP contribution in [0.5, 0.6) is 0 Å². The van der Waals surface area contributed by atoms with Crippen LogP contribution >= 0.6 is 0 Å². The van der Waals surface area contributed by atoms with Gasteiger partial charge in [-0.05, 0) is 88.4 Å². The van der Waals surface area contributed by atoms with Gasteiger partial charge in [-0.15, -0.1) is 0 Å². The van der Waals surface area contributed by atoms with Crippen molar-refractivity contribution < 1.29 is 45.7 Å². The largest absolute Gasteiger partial charge is 0.478 e. The molecular formula is C30H28N6O10S2. The monoisotopic (exact) mass is 696 g/mol. The Hall–Kier alpha value is -5.88. The second kappa shape index (κ2) is 12.7. The van der Waals surface area contributed by atoms with Crippen molar-refractivity contribution in [3.63, 3.8) is 0 Å². The second-order valence-electron chi connectivity index (χ2n) is 10.5. The van der Waals surface area contributed by atoms with E-state index in [1.807, 2.05) is 0 Å². The minimum Gasteiger partial charge on any atom is -0.478 e. The first-order valence-corrected chi connectivity index (χ1v) is 16.8. The highest BCUT2D eigenvalue weighted by Crippen LogP contribution is 2.32. The van der Waals surface area contributed by atoms with Crippen LogP contribution in [-0.2, 0) is 20.0 Å². The minimum absolute atomic E-state index is 0.0262. The summed E-state index contributed by atoms with van der Waals surface area (Å²) in [7, 11) is -8.10. The van der Waals surface area contributed by atoms with Crippen LogP contribution in [-0.4, -0.2) is 49.3 Å². The van der Waals surface area contributed by atoms with Gasteiger partial charge in [0.1, 0.15) is 0 Å². The molecule has 0 saturated carbocycles. The Balaban J connectivity index is 1.37. The predicted octanol–water partition coefficient (Wildman–Crippen LogP) is 5.38. The molecule has 2 heterocycles. The third-order valence-electron chi connectivity index (χ3n) is 7.27. The second-order valence-corrected chi connectivity index (χ2v) is 13.9. The number of sulfonamides is 2. The Morgan fingerprint density at radius 1 is 0.604 bits per heavy atom. The van der Waals surface area contributed by atoms with Crippen LogP contribution in [0.25, 0.3) is 0 Å². The van der Waals surface area contributed by atoms with Gasteiger partial charge in [-0.25, -0.2) is 35.9 Å². The number of carboxylic acid groups (broad SMARTS) is 2. The van der Waals surface area contributed by atoms with Crippen LogP contribution in [0.4, 0.5) is 34.5 Å².